The summed E-state index contributed by atoms with van der Waals surface area (Å²) in [5.74, 6) is -0.656. The molecule has 0 aliphatic heterocycles. The van der Waals surface area contributed by atoms with Crippen LogP contribution in [0.2, 0.25) is 0 Å². The second kappa shape index (κ2) is 8.51. The number of hydrogen-bond donors (Lipinski definition) is 1. The highest BCUT2D eigenvalue weighted by molar-refractivity contribution is 7.18. The third-order valence-corrected chi connectivity index (χ3v) is 6.53. The van der Waals surface area contributed by atoms with Gasteiger partial charge >= 0.3 is 5.97 Å². The van der Waals surface area contributed by atoms with Crippen LogP contribution in [0.3, 0.4) is 0 Å². The second-order valence-corrected chi connectivity index (χ2v) is 8.91. The highest BCUT2D eigenvalue weighted by Crippen LogP contribution is 2.27. The lowest BCUT2D eigenvalue weighted by molar-refractivity contribution is 0.0318. The van der Waals surface area contributed by atoms with Crippen LogP contribution in [0, 0.1) is 20.8 Å². The van der Waals surface area contributed by atoms with E-state index in [2.05, 4.69) is 9.97 Å². The number of nitrogens with one attached hydrogen (secondary N) is 1. The van der Waals surface area contributed by atoms with Crippen LogP contribution in [0.25, 0.3) is 10.2 Å². The summed E-state index contributed by atoms with van der Waals surface area (Å²) in [6, 6.07) is 13.7. The summed E-state index contributed by atoms with van der Waals surface area (Å²) in [5.41, 5.74) is 2.59. The maximum atomic E-state index is 13.0. The highest BCUT2D eigenvalue weighted by atomic mass is 32.1. The third-order valence-electron chi connectivity index (χ3n) is 5.43. The fraction of sp³-hybridized carbons (Fsp3) is 0.200. The first kappa shape index (κ1) is 21.6. The van der Waals surface area contributed by atoms with Gasteiger partial charge in [0, 0.05) is 16.0 Å². The normalized spacial score (nSPS) is 12.0. The number of thiophene rings is 1. The predicted molar refractivity (Wildman–Crippen MR) is 125 cm³/mol. The molecule has 2 aromatic heterocycles. The number of H-pyrrole nitrogens is 1. The monoisotopic (exact) mass is 446 g/mol. The highest BCUT2D eigenvalue weighted by Gasteiger charge is 2.23. The van der Waals surface area contributed by atoms with Gasteiger partial charge in [0.1, 0.15) is 4.83 Å². The lowest BCUT2D eigenvalue weighted by Crippen LogP contribution is -2.18. The van der Waals surface area contributed by atoms with Crippen molar-refractivity contribution in [2.75, 3.05) is 0 Å². The average Bonchev–Trinajstić information content (AvgIpc) is 3.07. The van der Waals surface area contributed by atoms with Gasteiger partial charge in [-0.25, -0.2) is 9.78 Å². The van der Waals surface area contributed by atoms with Crippen molar-refractivity contribution in [2.45, 2.75) is 33.8 Å². The van der Waals surface area contributed by atoms with Crippen molar-refractivity contribution in [1.82, 2.24) is 9.97 Å². The number of carbonyl (C=O) groups excluding carboxylic acids is 2. The fourth-order valence-corrected chi connectivity index (χ4v) is 4.50. The van der Waals surface area contributed by atoms with E-state index in [4.69, 9.17) is 4.74 Å². The van der Waals surface area contributed by atoms with Crippen LogP contribution in [0.4, 0.5) is 0 Å². The van der Waals surface area contributed by atoms with Crippen LogP contribution in [-0.2, 0) is 4.74 Å². The summed E-state index contributed by atoms with van der Waals surface area (Å²) in [6.45, 7) is 7.40. The number of benzene rings is 2. The molecule has 1 N–H and O–H groups in total. The molecule has 1 atom stereocenters. The number of fused-ring (bicyclic) bond motifs is 1. The Balaban J connectivity index is 1.62. The smallest absolute Gasteiger partial charge is 0.339 e. The molecule has 32 heavy (non-hydrogen) atoms. The Bertz CT molecular complexity index is 1400. The molecule has 0 radical (unpaired) electrons. The molecule has 2 aromatic carbocycles. The number of esters is 1. The Kier molecular flexibility index (Phi) is 5.76. The van der Waals surface area contributed by atoms with Crippen LogP contribution in [0.5, 0.6) is 0 Å². The first-order valence-corrected chi connectivity index (χ1v) is 11.0. The van der Waals surface area contributed by atoms with Crippen LogP contribution in [0.1, 0.15) is 61.1 Å². The molecule has 0 bridgehead atoms. The van der Waals surface area contributed by atoms with E-state index >= 15 is 0 Å². The number of nitrogens with zero attached hydrogens (tertiary/aromatic N) is 1. The molecule has 0 aliphatic carbocycles. The molecule has 0 aliphatic rings. The number of hydrogen-bond acceptors (Lipinski definition) is 6. The molecule has 4 aromatic rings. The SMILES string of the molecule is Cc1ccc(C(=O)c2ccccc2C(=O)OC(C)c2nc3sc(C)c(C)c3c(=O)[nH]2)cc1. The van der Waals surface area contributed by atoms with Crippen LogP contribution in [-0.4, -0.2) is 21.7 Å². The molecular formula is C25H22N2O4S. The lowest BCUT2D eigenvalue weighted by Gasteiger charge is -2.14. The van der Waals surface area contributed by atoms with Crippen molar-refractivity contribution in [3.8, 4) is 0 Å². The van der Waals surface area contributed by atoms with Crippen LogP contribution in [0.15, 0.2) is 53.3 Å². The van der Waals surface area contributed by atoms with Crippen molar-refractivity contribution in [1.29, 1.82) is 0 Å². The minimum absolute atomic E-state index is 0.163. The molecule has 1 unspecified atom stereocenters. The minimum atomic E-state index is -0.801. The van der Waals surface area contributed by atoms with Crippen molar-refractivity contribution in [3.05, 3.63) is 97.4 Å². The topological polar surface area (TPSA) is 89.1 Å². The number of ketones is 1. The van der Waals surface area contributed by atoms with E-state index in [1.165, 1.54) is 11.3 Å². The Hall–Kier alpha value is -3.58. The summed E-state index contributed by atoms with van der Waals surface area (Å²) >= 11 is 1.43. The van der Waals surface area contributed by atoms with Crippen molar-refractivity contribution < 1.29 is 14.3 Å². The van der Waals surface area contributed by atoms with Gasteiger partial charge in [-0.05, 0) is 39.3 Å². The van der Waals surface area contributed by atoms with E-state index in [9.17, 15) is 14.4 Å². The maximum absolute atomic E-state index is 13.0. The lowest BCUT2D eigenvalue weighted by atomic mass is 9.98. The van der Waals surface area contributed by atoms with E-state index in [0.29, 0.717) is 15.8 Å². The first-order chi connectivity index (χ1) is 15.3. The van der Waals surface area contributed by atoms with Gasteiger partial charge < -0.3 is 9.72 Å². The van der Waals surface area contributed by atoms with Crippen LogP contribution < -0.4 is 5.56 Å². The number of aryl methyl sites for hydroxylation is 3. The molecule has 0 saturated heterocycles. The molecule has 0 spiro atoms. The third kappa shape index (κ3) is 3.99. The standard InChI is InChI=1S/C25H22N2O4S/c1-13-9-11-17(12-10-13)21(28)18-7-5-6-8-19(18)25(30)31-15(3)22-26-23(29)20-14(2)16(4)32-24(20)27-22/h5-12,15H,1-4H3,(H,26,27,29). The van der Waals surface area contributed by atoms with E-state index in [-0.39, 0.29) is 28.3 Å². The Morgan fingerprint density at radius 2 is 1.66 bits per heavy atom. The van der Waals surface area contributed by atoms with Crippen LogP contribution >= 0.6 is 11.3 Å². The first-order valence-electron chi connectivity index (χ1n) is 10.2. The maximum Gasteiger partial charge on any atom is 0.339 e. The molecule has 7 heteroatoms. The molecule has 4 rings (SSSR count). The van der Waals surface area contributed by atoms with Gasteiger partial charge in [-0.2, -0.15) is 0 Å². The average molecular weight is 447 g/mol. The van der Waals surface area contributed by atoms with Crippen molar-refractivity contribution >= 4 is 33.3 Å². The number of aromatic amines is 1. The van der Waals surface area contributed by atoms with E-state index in [1.807, 2.05) is 32.9 Å². The summed E-state index contributed by atoms with van der Waals surface area (Å²) in [6.07, 6.45) is -0.801. The predicted octanol–water partition coefficient (Wildman–Crippen LogP) is 5.06. The molecule has 0 saturated carbocycles. The van der Waals surface area contributed by atoms with Gasteiger partial charge in [0.05, 0.1) is 10.9 Å². The Morgan fingerprint density at radius 1 is 1.00 bits per heavy atom. The van der Waals surface area contributed by atoms with Gasteiger partial charge in [0.25, 0.3) is 5.56 Å². The zero-order chi connectivity index (χ0) is 23.0. The molecule has 0 fully saturated rings. The van der Waals surface area contributed by atoms with Gasteiger partial charge in [0.15, 0.2) is 17.7 Å². The molecule has 6 nitrogen and oxygen atoms in total. The van der Waals surface area contributed by atoms with Gasteiger partial charge in [0.2, 0.25) is 0 Å². The largest absolute Gasteiger partial charge is 0.451 e. The van der Waals surface area contributed by atoms with Gasteiger partial charge in [-0.15, -0.1) is 11.3 Å². The summed E-state index contributed by atoms with van der Waals surface area (Å²) in [5, 5.41) is 0.559. The van der Waals surface area contributed by atoms with E-state index in [1.54, 1.807) is 43.3 Å². The molecule has 0 amide bonds. The van der Waals surface area contributed by atoms with Gasteiger partial charge in [-0.1, -0.05) is 48.0 Å². The molecule has 162 valence electrons. The molecular weight excluding hydrogens is 424 g/mol. The second-order valence-electron chi connectivity index (χ2n) is 7.70. The number of rotatable bonds is 5. The van der Waals surface area contributed by atoms with Gasteiger partial charge in [-0.3, -0.25) is 9.59 Å². The van der Waals surface area contributed by atoms with E-state index < -0.39 is 12.1 Å². The van der Waals surface area contributed by atoms with Crippen molar-refractivity contribution in [2.24, 2.45) is 0 Å². The zero-order valence-corrected chi connectivity index (χ0v) is 19.0. The Morgan fingerprint density at radius 3 is 2.34 bits per heavy atom. The molecule has 2 heterocycles. The number of aromatic nitrogens is 2. The minimum Gasteiger partial charge on any atom is -0.451 e. The summed E-state index contributed by atoms with van der Waals surface area (Å²) in [7, 11) is 0. The quantitative estimate of drug-likeness (QED) is 0.342. The van der Waals surface area contributed by atoms with Crippen molar-refractivity contribution in [3.63, 3.8) is 0 Å². The Labute approximate surface area is 188 Å². The number of carbonyl (C=O) groups is 2. The van der Waals surface area contributed by atoms with E-state index in [0.717, 1.165) is 16.0 Å². The summed E-state index contributed by atoms with van der Waals surface area (Å²) < 4.78 is 5.59. The number of ether oxygens (including phenoxy) is 1. The summed E-state index contributed by atoms with van der Waals surface area (Å²) in [4.78, 5) is 47.3. The zero-order valence-electron chi connectivity index (χ0n) is 18.2. The fourth-order valence-electron chi connectivity index (χ4n) is 3.46.